The van der Waals surface area contributed by atoms with Gasteiger partial charge in [0, 0.05) is 6.20 Å². The Hall–Kier alpha value is -2.58. The first-order chi connectivity index (χ1) is 12.0. The van der Waals surface area contributed by atoms with E-state index in [1.54, 1.807) is 16.8 Å². The molecule has 0 N–H and O–H groups in total. The first-order valence-electron chi connectivity index (χ1n) is 7.92. The molecule has 8 heteroatoms. The van der Waals surface area contributed by atoms with Crippen LogP contribution in [0.5, 0.6) is 5.88 Å². The molecule has 25 heavy (non-hydrogen) atoms. The van der Waals surface area contributed by atoms with E-state index in [1.165, 1.54) is 0 Å². The smallest absolute Gasteiger partial charge is 0.220 e. The molecule has 4 rings (SSSR count). The molecular weight excluding hydrogens is 327 g/mol. The van der Waals surface area contributed by atoms with E-state index in [1.807, 2.05) is 32.0 Å². The molecule has 1 atom stereocenters. The SMILES string of the molecule is CC1(C)OC[C@H](COc2cc(F)nc(-c3cc4ccccn4n3)n2)O1. The van der Waals surface area contributed by atoms with Crippen molar-refractivity contribution in [3.05, 3.63) is 42.5 Å². The molecule has 0 unspecified atom stereocenters. The molecule has 0 spiro atoms. The lowest BCUT2D eigenvalue weighted by Crippen LogP contribution is -2.25. The van der Waals surface area contributed by atoms with Gasteiger partial charge in [-0.1, -0.05) is 6.07 Å². The summed E-state index contributed by atoms with van der Waals surface area (Å²) in [6.45, 7) is 4.29. The van der Waals surface area contributed by atoms with E-state index in [9.17, 15) is 4.39 Å². The highest BCUT2D eigenvalue weighted by Gasteiger charge is 2.33. The number of pyridine rings is 1. The van der Waals surface area contributed by atoms with Crippen LogP contribution in [0.2, 0.25) is 0 Å². The molecule has 0 amide bonds. The quantitative estimate of drug-likeness (QED) is 0.677. The topological polar surface area (TPSA) is 70.8 Å². The molecule has 1 aliphatic heterocycles. The number of halogens is 1. The number of rotatable bonds is 4. The third-order valence-corrected chi connectivity index (χ3v) is 3.75. The summed E-state index contributed by atoms with van der Waals surface area (Å²) in [6.07, 6.45) is 1.57. The summed E-state index contributed by atoms with van der Waals surface area (Å²) in [5.74, 6) is -1.01. The Morgan fingerprint density at radius 3 is 2.96 bits per heavy atom. The van der Waals surface area contributed by atoms with Gasteiger partial charge >= 0.3 is 0 Å². The number of ether oxygens (including phenoxy) is 3. The van der Waals surface area contributed by atoms with Crippen LogP contribution in [0.1, 0.15) is 13.8 Å². The van der Waals surface area contributed by atoms with E-state index in [0.29, 0.717) is 12.3 Å². The molecule has 0 aromatic carbocycles. The molecule has 3 aromatic heterocycles. The molecule has 1 fully saturated rings. The van der Waals surface area contributed by atoms with Crippen molar-refractivity contribution in [2.24, 2.45) is 0 Å². The lowest BCUT2D eigenvalue weighted by Gasteiger charge is -2.17. The number of fused-ring (bicyclic) bond motifs is 1. The highest BCUT2D eigenvalue weighted by Crippen LogP contribution is 2.24. The normalized spacial score (nSPS) is 19.4. The number of nitrogens with zero attached hydrogens (tertiary/aromatic N) is 4. The van der Waals surface area contributed by atoms with Gasteiger partial charge in [-0.25, -0.2) is 4.52 Å². The summed E-state index contributed by atoms with van der Waals surface area (Å²) in [7, 11) is 0. The molecule has 1 aliphatic rings. The van der Waals surface area contributed by atoms with Crippen LogP contribution in [0.25, 0.3) is 17.0 Å². The van der Waals surface area contributed by atoms with Gasteiger partial charge < -0.3 is 14.2 Å². The van der Waals surface area contributed by atoms with Crippen LogP contribution in [-0.4, -0.2) is 44.7 Å². The van der Waals surface area contributed by atoms with Gasteiger partial charge in [-0.15, -0.1) is 0 Å². The maximum absolute atomic E-state index is 13.9. The van der Waals surface area contributed by atoms with Crippen LogP contribution < -0.4 is 4.74 Å². The Kier molecular flexibility index (Phi) is 3.85. The van der Waals surface area contributed by atoms with E-state index in [4.69, 9.17) is 14.2 Å². The lowest BCUT2D eigenvalue weighted by atomic mass is 10.3. The fourth-order valence-corrected chi connectivity index (χ4v) is 2.66. The van der Waals surface area contributed by atoms with Crippen molar-refractivity contribution < 1.29 is 18.6 Å². The van der Waals surface area contributed by atoms with Crippen LogP contribution in [0.15, 0.2) is 36.5 Å². The molecule has 0 bridgehead atoms. The Bertz CT molecular complexity index is 879. The fraction of sp³-hybridized carbons (Fsp3) is 0.353. The van der Waals surface area contributed by atoms with E-state index in [-0.39, 0.29) is 24.4 Å². The Morgan fingerprint density at radius 1 is 1.32 bits per heavy atom. The maximum Gasteiger partial charge on any atom is 0.220 e. The zero-order valence-electron chi connectivity index (χ0n) is 13.8. The van der Waals surface area contributed by atoms with Crippen LogP contribution in [-0.2, 0) is 9.47 Å². The zero-order valence-corrected chi connectivity index (χ0v) is 13.8. The monoisotopic (exact) mass is 344 g/mol. The van der Waals surface area contributed by atoms with E-state index in [0.717, 1.165) is 11.6 Å². The van der Waals surface area contributed by atoms with Gasteiger partial charge in [0.15, 0.2) is 11.6 Å². The first kappa shape index (κ1) is 15.9. The van der Waals surface area contributed by atoms with Gasteiger partial charge in [-0.2, -0.15) is 19.5 Å². The molecule has 130 valence electrons. The van der Waals surface area contributed by atoms with Crippen LogP contribution in [0, 0.1) is 5.95 Å². The molecule has 0 saturated carbocycles. The predicted octanol–water partition coefficient (Wildman–Crippen LogP) is 2.46. The zero-order chi connectivity index (χ0) is 17.4. The Labute approximate surface area is 143 Å². The van der Waals surface area contributed by atoms with Gasteiger partial charge in [0.05, 0.1) is 18.2 Å². The van der Waals surface area contributed by atoms with Gasteiger partial charge in [0.25, 0.3) is 0 Å². The number of hydrogen-bond donors (Lipinski definition) is 0. The molecule has 3 aromatic rings. The van der Waals surface area contributed by atoms with Crippen LogP contribution in [0.4, 0.5) is 4.39 Å². The maximum atomic E-state index is 13.9. The second kappa shape index (κ2) is 6.05. The third kappa shape index (κ3) is 3.45. The van der Waals surface area contributed by atoms with Gasteiger partial charge in [0.1, 0.15) is 18.4 Å². The summed E-state index contributed by atoms with van der Waals surface area (Å²) in [6, 6.07) is 8.57. The minimum atomic E-state index is -0.680. The molecule has 1 saturated heterocycles. The van der Waals surface area contributed by atoms with Crippen LogP contribution >= 0.6 is 0 Å². The van der Waals surface area contributed by atoms with Gasteiger partial charge in [-0.05, 0) is 32.0 Å². The van der Waals surface area contributed by atoms with Crippen molar-refractivity contribution in [2.75, 3.05) is 13.2 Å². The minimum Gasteiger partial charge on any atom is -0.475 e. The number of aromatic nitrogens is 4. The fourth-order valence-electron chi connectivity index (χ4n) is 2.66. The van der Waals surface area contributed by atoms with Crippen molar-refractivity contribution in [3.63, 3.8) is 0 Å². The number of hydrogen-bond acceptors (Lipinski definition) is 6. The molecule has 0 radical (unpaired) electrons. The lowest BCUT2D eigenvalue weighted by molar-refractivity contribution is -0.141. The molecular formula is C17H17FN4O3. The molecule has 0 aliphatic carbocycles. The largest absolute Gasteiger partial charge is 0.475 e. The standard InChI is InChI=1S/C17H17FN4O3/c1-17(2)24-10-12(25-17)9-23-15-8-14(18)19-16(20-15)13-7-11-5-3-4-6-22(11)21-13/h3-8,12H,9-10H2,1-2H3/t12-/m0/s1. The van der Waals surface area contributed by atoms with Crippen molar-refractivity contribution in [1.29, 1.82) is 0 Å². The van der Waals surface area contributed by atoms with Crippen LogP contribution in [0.3, 0.4) is 0 Å². The van der Waals surface area contributed by atoms with E-state index < -0.39 is 11.7 Å². The average molecular weight is 344 g/mol. The van der Waals surface area contributed by atoms with Crippen molar-refractivity contribution in [1.82, 2.24) is 19.6 Å². The first-order valence-corrected chi connectivity index (χ1v) is 7.92. The van der Waals surface area contributed by atoms with Gasteiger partial charge in [-0.3, -0.25) is 0 Å². The molecule has 4 heterocycles. The van der Waals surface area contributed by atoms with E-state index in [2.05, 4.69) is 15.1 Å². The van der Waals surface area contributed by atoms with Crippen molar-refractivity contribution >= 4 is 5.52 Å². The minimum absolute atomic E-state index is 0.132. The summed E-state index contributed by atoms with van der Waals surface area (Å²) < 4.78 is 32.2. The highest BCUT2D eigenvalue weighted by molar-refractivity contribution is 5.60. The summed E-state index contributed by atoms with van der Waals surface area (Å²) >= 11 is 0. The van der Waals surface area contributed by atoms with Crippen molar-refractivity contribution in [2.45, 2.75) is 25.7 Å². The predicted molar refractivity (Wildman–Crippen MR) is 86.6 cm³/mol. The summed E-state index contributed by atoms with van der Waals surface area (Å²) in [4.78, 5) is 8.06. The second-order valence-corrected chi connectivity index (χ2v) is 6.21. The van der Waals surface area contributed by atoms with Crippen molar-refractivity contribution in [3.8, 4) is 17.4 Å². The second-order valence-electron chi connectivity index (χ2n) is 6.21. The third-order valence-electron chi connectivity index (χ3n) is 3.75. The average Bonchev–Trinajstić information content (AvgIpc) is 3.15. The van der Waals surface area contributed by atoms with E-state index >= 15 is 0 Å². The highest BCUT2D eigenvalue weighted by atomic mass is 19.1. The Morgan fingerprint density at radius 2 is 2.20 bits per heavy atom. The summed E-state index contributed by atoms with van der Waals surface area (Å²) in [5, 5.41) is 4.35. The van der Waals surface area contributed by atoms with Gasteiger partial charge in [0.2, 0.25) is 11.8 Å². The Balaban J connectivity index is 1.54. The molecule has 7 nitrogen and oxygen atoms in total. The summed E-state index contributed by atoms with van der Waals surface area (Å²) in [5.41, 5.74) is 1.34.